The summed E-state index contributed by atoms with van der Waals surface area (Å²) in [5.74, 6) is -0.666. The molecule has 1 atom stereocenters. The molecule has 0 fully saturated rings. The third kappa shape index (κ3) is 7.08. The number of ether oxygens (including phenoxy) is 1. The predicted molar refractivity (Wildman–Crippen MR) is 115 cm³/mol. The molecule has 0 saturated heterocycles. The van der Waals surface area contributed by atoms with Crippen LogP contribution in [0.4, 0.5) is 30.2 Å². The summed E-state index contributed by atoms with van der Waals surface area (Å²) in [6.45, 7) is 7.97. The van der Waals surface area contributed by atoms with Gasteiger partial charge in [0.1, 0.15) is 12.4 Å². The molecule has 1 amide bonds. The number of anilines is 2. The summed E-state index contributed by atoms with van der Waals surface area (Å²) in [6.07, 6.45) is -4.78. The van der Waals surface area contributed by atoms with E-state index in [1.807, 2.05) is 0 Å². The maximum atomic E-state index is 13.1. The number of aliphatic hydroxyl groups excluding tert-OH is 2. The molecule has 0 unspecified atom stereocenters. The van der Waals surface area contributed by atoms with Crippen molar-refractivity contribution in [3.8, 4) is 5.75 Å². The van der Waals surface area contributed by atoms with Crippen molar-refractivity contribution in [2.75, 3.05) is 43.1 Å². The van der Waals surface area contributed by atoms with Crippen LogP contribution in [0.25, 0.3) is 4.85 Å². The normalized spacial score (nSPS) is 13.0. The van der Waals surface area contributed by atoms with E-state index in [1.165, 1.54) is 0 Å². The maximum Gasteiger partial charge on any atom is 0.407 e. The summed E-state index contributed by atoms with van der Waals surface area (Å²) >= 11 is 0. The van der Waals surface area contributed by atoms with E-state index in [-0.39, 0.29) is 18.9 Å². The topological polar surface area (TPSA) is 107 Å². The van der Waals surface area contributed by atoms with Crippen LogP contribution >= 0.6 is 0 Å². The van der Waals surface area contributed by atoms with Gasteiger partial charge in [-0.25, -0.2) is 4.85 Å². The van der Waals surface area contributed by atoms with E-state index in [9.17, 15) is 23.1 Å². The minimum Gasteiger partial charge on any atom is -0.490 e. The molecule has 0 spiro atoms. The lowest BCUT2D eigenvalue weighted by Crippen LogP contribution is -2.45. The summed E-state index contributed by atoms with van der Waals surface area (Å²) in [5.41, 5.74) is -3.37. The van der Waals surface area contributed by atoms with Gasteiger partial charge < -0.3 is 30.3 Å². The quantitative estimate of drug-likeness (QED) is 0.401. The zero-order valence-corrected chi connectivity index (χ0v) is 17.8. The Morgan fingerprint density at radius 1 is 1.12 bits per heavy atom. The minimum atomic E-state index is -4.78. The van der Waals surface area contributed by atoms with Crippen LogP contribution in [0.15, 0.2) is 42.5 Å². The number of halogens is 3. The maximum absolute atomic E-state index is 13.1. The Balaban J connectivity index is 2.04. The van der Waals surface area contributed by atoms with E-state index in [0.717, 1.165) is 24.7 Å². The molecule has 33 heavy (non-hydrogen) atoms. The van der Waals surface area contributed by atoms with E-state index in [0.29, 0.717) is 24.9 Å². The lowest BCUT2D eigenvalue weighted by molar-refractivity contribution is -0.137. The van der Waals surface area contributed by atoms with Crippen molar-refractivity contribution in [2.45, 2.75) is 18.7 Å². The number of benzene rings is 2. The average Bonchev–Trinajstić information content (AvgIpc) is 2.77. The fourth-order valence-corrected chi connectivity index (χ4v) is 2.86. The van der Waals surface area contributed by atoms with Gasteiger partial charge in [-0.15, -0.1) is 0 Å². The van der Waals surface area contributed by atoms with Crippen LogP contribution in [0.2, 0.25) is 0 Å². The molecule has 4 N–H and O–H groups in total. The molecule has 8 nitrogen and oxygen atoms in total. The lowest BCUT2D eigenvalue weighted by atomic mass is 10.1. The van der Waals surface area contributed by atoms with Crippen molar-refractivity contribution in [2.24, 2.45) is 0 Å². The molecule has 0 aromatic heterocycles. The molecule has 2 rings (SSSR count). The van der Waals surface area contributed by atoms with Gasteiger partial charge in [-0.3, -0.25) is 4.79 Å². The molecular weight excluding hydrogens is 443 g/mol. The molecule has 2 aromatic carbocycles. The van der Waals surface area contributed by atoms with E-state index in [4.69, 9.17) is 21.5 Å². The van der Waals surface area contributed by atoms with E-state index in [1.54, 1.807) is 29.2 Å². The zero-order valence-electron chi connectivity index (χ0n) is 17.8. The third-order valence-electron chi connectivity index (χ3n) is 4.63. The predicted octanol–water partition coefficient (Wildman–Crippen LogP) is 2.82. The van der Waals surface area contributed by atoms with Gasteiger partial charge in [-0.05, 0) is 43.3 Å². The van der Waals surface area contributed by atoms with Crippen LogP contribution < -0.4 is 15.0 Å². The molecule has 178 valence electrons. The fraction of sp³-hybridized carbons (Fsp3) is 0.364. The summed E-state index contributed by atoms with van der Waals surface area (Å²) in [4.78, 5) is 17.0. The molecule has 0 aliphatic heterocycles. The number of carbonyl (C=O) groups excluding carboxylic acids is 1. The first-order chi connectivity index (χ1) is 15.5. The molecule has 2 aromatic rings. The Morgan fingerprint density at radius 3 is 2.24 bits per heavy atom. The smallest absolute Gasteiger partial charge is 0.407 e. The van der Waals surface area contributed by atoms with Crippen LogP contribution in [-0.4, -0.2) is 59.7 Å². The molecule has 0 radical (unpaired) electrons. The molecule has 0 saturated carbocycles. The molecule has 0 heterocycles. The van der Waals surface area contributed by atoms with Crippen molar-refractivity contribution in [1.29, 1.82) is 0 Å². The van der Waals surface area contributed by atoms with Crippen molar-refractivity contribution in [3.05, 3.63) is 59.4 Å². The van der Waals surface area contributed by atoms with Gasteiger partial charge in [0.15, 0.2) is 11.3 Å². The first-order valence-corrected chi connectivity index (χ1v) is 9.84. The first kappa shape index (κ1) is 25.9. The Hall–Kier alpha value is -3.33. The Bertz CT molecular complexity index is 982. The monoisotopic (exact) mass is 467 g/mol. The highest BCUT2D eigenvalue weighted by Gasteiger charge is 2.35. The number of alkyl halides is 3. The lowest BCUT2D eigenvalue weighted by Gasteiger charge is -2.24. The van der Waals surface area contributed by atoms with E-state index >= 15 is 0 Å². The summed E-state index contributed by atoms with van der Waals surface area (Å²) in [5, 5.41) is 30.9. The highest BCUT2D eigenvalue weighted by molar-refractivity contribution is 5.97. The van der Waals surface area contributed by atoms with Crippen LogP contribution in [0, 0.1) is 6.57 Å². The Morgan fingerprint density at radius 2 is 1.73 bits per heavy atom. The van der Waals surface area contributed by atoms with Crippen molar-refractivity contribution >= 4 is 23.0 Å². The van der Waals surface area contributed by atoms with Gasteiger partial charge >= 0.3 is 6.18 Å². The number of carbonyl (C=O) groups is 1. The van der Waals surface area contributed by atoms with Crippen LogP contribution in [0.3, 0.4) is 0 Å². The molecule has 0 aliphatic carbocycles. The van der Waals surface area contributed by atoms with Crippen LogP contribution in [-0.2, 0) is 11.0 Å². The zero-order chi connectivity index (χ0) is 24.6. The average molecular weight is 467 g/mol. The Kier molecular flexibility index (Phi) is 8.64. The second-order valence-corrected chi connectivity index (χ2v) is 7.29. The number of nitrogens with one attached hydrogen (secondary N) is 1. The second-order valence-electron chi connectivity index (χ2n) is 7.29. The standard InChI is InChI=1S/C22H24F3N3O5/c1-21(32,14-33-17-6-4-16(5-7-17)28(9-11-29)10-12-30)20(31)27-15-3-8-19(26-2)18(13-15)22(23,24)25/h3-8,13,29-30,32H,9-12,14H2,1H3,(H,27,31)/t21-/m0/s1. The number of nitrogens with zero attached hydrogens (tertiary/aromatic N) is 2. The SMILES string of the molecule is [C-]#[N+]c1ccc(NC(=O)[C@@](C)(O)COc2ccc(N(CCO)CCO)cc2)cc1C(F)(F)F. The minimum absolute atomic E-state index is 0.0959. The number of hydrogen-bond donors (Lipinski definition) is 4. The van der Waals surface area contributed by atoms with Gasteiger partial charge in [-0.2, -0.15) is 13.2 Å². The fourth-order valence-electron chi connectivity index (χ4n) is 2.86. The third-order valence-corrected chi connectivity index (χ3v) is 4.63. The molecular formula is C22H24F3N3O5. The van der Waals surface area contributed by atoms with Gasteiger partial charge in [-0.1, -0.05) is 6.07 Å². The number of hydrogen-bond acceptors (Lipinski definition) is 6. The van der Waals surface area contributed by atoms with Gasteiger partial charge in [0.25, 0.3) is 5.91 Å². The largest absolute Gasteiger partial charge is 0.490 e. The van der Waals surface area contributed by atoms with Gasteiger partial charge in [0.05, 0.1) is 25.3 Å². The first-order valence-electron chi connectivity index (χ1n) is 9.84. The van der Waals surface area contributed by atoms with Crippen molar-refractivity contribution in [3.63, 3.8) is 0 Å². The van der Waals surface area contributed by atoms with E-state index in [2.05, 4.69) is 10.2 Å². The van der Waals surface area contributed by atoms with E-state index < -0.39 is 35.5 Å². The number of aliphatic hydroxyl groups is 3. The Labute approximate surface area is 188 Å². The highest BCUT2D eigenvalue weighted by Crippen LogP contribution is 2.38. The van der Waals surface area contributed by atoms with Crippen LogP contribution in [0.1, 0.15) is 12.5 Å². The van der Waals surface area contributed by atoms with Gasteiger partial charge in [0.2, 0.25) is 0 Å². The molecule has 0 aliphatic rings. The summed E-state index contributed by atoms with van der Waals surface area (Å²) in [7, 11) is 0. The molecule has 11 heteroatoms. The highest BCUT2D eigenvalue weighted by atomic mass is 19.4. The summed E-state index contributed by atoms with van der Waals surface area (Å²) in [6, 6.07) is 9.20. The summed E-state index contributed by atoms with van der Waals surface area (Å²) < 4.78 is 44.8. The number of rotatable bonds is 10. The number of amides is 1. The van der Waals surface area contributed by atoms with Crippen molar-refractivity contribution in [1.82, 2.24) is 0 Å². The van der Waals surface area contributed by atoms with Crippen molar-refractivity contribution < 1.29 is 38.0 Å². The van der Waals surface area contributed by atoms with Crippen LogP contribution in [0.5, 0.6) is 5.75 Å². The molecule has 0 bridgehead atoms. The van der Waals surface area contributed by atoms with Gasteiger partial charge in [0, 0.05) is 24.5 Å². The second kappa shape index (κ2) is 11.0.